The molecule has 0 bridgehead atoms. The fourth-order valence-corrected chi connectivity index (χ4v) is 5.54. The lowest BCUT2D eigenvalue weighted by Crippen LogP contribution is -2.58. The molecule has 0 aliphatic carbocycles. The van der Waals surface area contributed by atoms with Crippen molar-refractivity contribution in [3.05, 3.63) is 36.0 Å². The summed E-state index contributed by atoms with van der Waals surface area (Å²) >= 11 is 0. The van der Waals surface area contributed by atoms with Crippen LogP contribution in [0.15, 0.2) is 30.5 Å². The number of hydrogen-bond acceptors (Lipinski definition) is 5. The van der Waals surface area contributed by atoms with Crippen molar-refractivity contribution in [3.63, 3.8) is 0 Å². The normalized spacial score (nSPS) is 22.1. The average Bonchev–Trinajstić information content (AvgIpc) is 3.65. The number of carbonyl (C=O) groups is 4. The molecule has 10 nitrogen and oxygen atoms in total. The lowest BCUT2D eigenvalue weighted by Gasteiger charge is -2.32. The van der Waals surface area contributed by atoms with Gasteiger partial charge in [-0.3, -0.25) is 14.4 Å². The summed E-state index contributed by atoms with van der Waals surface area (Å²) in [5.41, 5.74) is 8.25. The predicted molar refractivity (Wildman–Crippen MR) is 138 cm³/mol. The zero-order valence-electron chi connectivity index (χ0n) is 21.5. The number of aromatic nitrogens is 1. The molecule has 3 heterocycles. The molecular weight excluding hydrogens is 474 g/mol. The fourth-order valence-electron chi connectivity index (χ4n) is 5.54. The molecule has 0 radical (unpaired) electrons. The van der Waals surface area contributed by atoms with Gasteiger partial charge >= 0.3 is 5.97 Å². The van der Waals surface area contributed by atoms with Crippen molar-refractivity contribution in [1.82, 2.24) is 20.1 Å². The van der Waals surface area contributed by atoms with Crippen molar-refractivity contribution in [1.29, 1.82) is 0 Å². The van der Waals surface area contributed by atoms with Gasteiger partial charge in [0.1, 0.15) is 18.1 Å². The smallest absolute Gasteiger partial charge is 0.326 e. The van der Waals surface area contributed by atoms with E-state index in [2.05, 4.69) is 10.3 Å². The summed E-state index contributed by atoms with van der Waals surface area (Å²) in [5.74, 6) is -2.28. The van der Waals surface area contributed by atoms with E-state index in [9.17, 15) is 24.3 Å². The van der Waals surface area contributed by atoms with Gasteiger partial charge in [0.15, 0.2) is 0 Å². The molecule has 2 aromatic rings. The van der Waals surface area contributed by atoms with Crippen molar-refractivity contribution in [3.8, 4) is 0 Å². The highest BCUT2D eigenvalue weighted by Crippen LogP contribution is 2.24. The predicted octanol–water partition coefficient (Wildman–Crippen LogP) is 1.64. The largest absolute Gasteiger partial charge is 0.480 e. The number of nitrogens with one attached hydrogen (secondary N) is 2. The first-order chi connectivity index (χ1) is 17.7. The van der Waals surface area contributed by atoms with Crippen LogP contribution in [0.5, 0.6) is 0 Å². The number of para-hydroxylation sites is 1. The minimum Gasteiger partial charge on any atom is -0.480 e. The first kappa shape index (κ1) is 26.7. The summed E-state index contributed by atoms with van der Waals surface area (Å²) in [4.78, 5) is 57.8. The quantitative estimate of drug-likeness (QED) is 0.402. The third-order valence-electron chi connectivity index (χ3n) is 7.87. The zero-order valence-corrected chi connectivity index (χ0v) is 21.5. The maximum Gasteiger partial charge on any atom is 0.326 e. The van der Waals surface area contributed by atoms with Crippen molar-refractivity contribution < 1.29 is 24.3 Å². The molecule has 200 valence electrons. The highest BCUT2D eigenvalue weighted by atomic mass is 16.4. The number of carbonyl (C=O) groups excluding carboxylic acids is 3. The van der Waals surface area contributed by atoms with Gasteiger partial charge < -0.3 is 30.9 Å². The van der Waals surface area contributed by atoms with Gasteiger partial charge in [0.25, 0.3) is 0 Å². The third kappa shape index (κ3) is 5.49. The number of likely N-dealkylation sites (tertiary alicyclic amines) is 2. The van der Waals surface area contributed by atoms with Crippen molar-refractivity contribution in [2.45, 2.75) is 76.5 Å². The minimum absolute atomic E-state index is 0.193. The number of aromatic amines is 1. The topological polar surface area (TPSA) is 149 Å². The average molecular weight is 512 g/mol. The Morgan fingerprint density at radius 2 is 1.73 bits per heavy atom. The Morgan fingerprint density at radius 1 is 1.08 bits per heavy atom. The number of carboxylic acids is 1. The van der Waals surface area contributed by atoms with Gasteiger partial charge in [-0.15, -0.1) is 0 Å². The lowest BCUT2D eigenvalue weighted by atomic mass is 9.96. The van der Waals surface area contributed by atoms with Gasteiger partial charge in [0.05, 0.1) is 6.04 Å². The van der Waals surface area contributed by atoms with E-state index >= 15 is 0 Å². The number of benzene rings is 1. The second kappa shape index (κ2) is 11.3. The first-order valence-corrected chi connectivity index (χ1v) is 13.2. The standard InChI is InChI=1S/C27H37N5O5/c1-3-16(2)23(26(35)32-13-7-11-22(32)27(36)37)30-24(33)21-10-6-12-31(21)25(34)19(28)14-17-15-29-20-9-5-4-8-18(17)20/h4-5,8-9,15-16,19,21-23,29H,3,6-7,10-14,28H2,1-2H3,(H,30,33)(H,36,37). The van der Waals surface area contributed by atoms with Crippen LogP contribution >= 0.6 is 0 Å². The van der Waals surface area contributed by atoms with E-state index in [0.717, 1.165) is 16.5 Å². The highest BCUT2D eigenvalue weighted by Gasteiger charge is 2.42. The Balaban J connectivity index is 1.45. The van der Waals surface area contributed by atoms with Crippen LogP contribution < -0.4 is 11.1 Å². The van der Waals surface area contributed by atoms with E-state index in [1.54, 1.807) is 0 Å². The van der Waals surface area contributed by atoms with Crippen LogP contribution in [0, 0.1) is 5.92 Å². The molecule has 1 aromatic heterocycles. The van der Waals surface area contributed by atoms with E-state index < -0.39 is 36.0 Å². The summed E-state index contributed by atoms with van der Waals surface area (Å²) in [6.45, 7) is 4.57. The van der Waals surface area contributed by atoms with Crippen LogP contribution in [0.25, 0.3) is 10.9 Å². The van der Waals surface area contributed by atoms with Crippen molar-refractivity contribution >= 4 is 34.6 Å². The molecule has 4 rings (SSSR count). The van der Waals surface area contributed by atoms with Crippen molar-refractivity contribution in [2.75, 3.05) is 13.1 Å². The molecule has 2 aliphatic heterocycles. The van der Waals surface area contributed by atoms with Crippen LogP contribution in [0.3, 0.4) is 0 Å². The molecular formula is C27H37N5O5. The summed E-state index contributed by atoms with van der Waals surface area (Å²) in [7, 11) is 0. The molecule has 5 N–H and O–H groups in total. The molecule has 2 saturated heterocycles. The van der Waals surface area contributed by atoms with E-state index in [-0.39, 0.29) is 17.7 Å². The van der Waals surface area contributed by atoms with Crippen LogP contribution in [0.4, 0.5) is 0 Å². The number of H-pyrrole nitrogens is 1. The molecule has 2 fully saturated rings. The number of hydrogen-bond donors (Lipinski definition) is 4. The summed E-state index contributed by atoms with van der Waals surface area (Å²) in [6.07, 6.45) is 5.00. The van der Waals surface area contributed by atoms with E-state index in [1.165, 1.54) is 9.80 Å². The second-order valence-electron chi connectivity index (χ2n) is 10.3. The molecule has 5 atom stereocenters. The molecule has 1 aromatic carbocycles. The Labute approximate surface area is 216 Å². The summed E-state index contributed by atoms with van der Waals surface area (Å²) < 4.78 is 0. The molecule has 5 unspecified atom stereocenters. The van der Waals surface area contributed by atoms with Crippen molar-refractivity contribution in [2.24, 2.45) is 11.7 Å². The number of nitrogens with zero attached hydrogens (tertiary/aromatic N) is 2. The number of rotatable bonds is 9. The maximum absolute atomic E-state index is 13.4. The third-order valence-corrected chi connectivity index (χ3v) is 7.87. The maximum atomic E-state index is 13.4. The van der Waals surface area contributed by atoms with Crippen LogP contribution in [-0.4, -0.2) is 80.8 Å². The highest BCUT2D eigenvalue weighted by molar-refractivity contribution is 5.95. The van der Waals surface area contributed by atoms with Gasteiger partial charge in [0, 0.05) is 30.2 Å². The fraction of sp³-hybridized carbons (Fsp3) is 0.556. The number of nitrogens with two attached hydrogens (primary N) is 1. The lowest BCUT2D eigenvalue weighted by molar-refractivity contribution is -0.150. The number of carboxylic acid groups (broad SMARTS) is 1. The van der Waals surface area contributed by atoms with E-state index in [1.807, 2.05) is 44.3 Å². The molecule has 10 heteroatoms. The Kier molecular flexibility index (Phi) is 8.16. The summed E-state index contributed by atoms with van der Waals surface area (Å²) in [5, 5.41) is 13.4. The Morgan fingerprint density at radius 3 is 2.41 bits per heavy atom. The summed E-state index contributed by atoms with van der Waals surface area (Å²) in [6, 6.07) is 4.57. The van der Waals surface area contributed by atoms with Gasteiger partial charge in [0.2, 0.25) is 17.7 Å². The first-order valence-electron chi connectivity index (χ1n) is 13.2. The molecule has 3 amide bonds. The second-order valence-corrected chi connectivity index (χ2v) is 10.3. The molecule has 0 spiro atoms. The SMILES string of the molecule is CCC(C)C(NC(=O)C1CCCN1C(=O)C(N)Cc1c[nH]c2ccccc12)C(=O)N1CCCC1C(=O)O. The Bertz CT molecular complexity index is 1160. The van der Waals surface area contributed by atoms with Gasteiger partial charge in [-0.25, -0.2) is 4.79 Å². The van der Waals surface area contributed by atoms with Gasteiger partial charge in [-0.2, -0.15) is 0 Å². The monoisotopic (exact) mass is 511 g/mol. The number of amides is 3. The van der Waals surface area contributed by atoms with Gasteiger partial charge in [-0.1, -0.05) is 38.5 Å². The van der Waals surface area contributed by atoms with E-state index in [4.69, 9.17) is 5.73 Å². The Hall–Kier alpha value is -3.40. The molecule has 0 saturated carbocycles. The van der Waals surface area contributed by atoms with Crippen LogP contribution in [0.1, 0.15) is 51.5 Å². The van der Waals surface area contributed by atoms with Gasteiger partial charge in [-0.05, 0) is 49.7 Å². The molecule has 37 heavy (non-hydrogen) atoms. The minimum atomic E-state index is -1.03. The number of aliphatic carboxylic acids is 1. The zero-order chi connectivity index (χ0) is 26.7. The van der Waals surface area contributed by atoms with E-state index in [0.29, 0.717) is 51.6 Å². The molecule has 2 aliphatic rings. The number of fused-ring (bicyclic) bond motifs is 1. The van der Waals surface area contributed by atoms with Crippen LogP contribution in [-0.2, 0) is 25.6 Å². The van der Waals surface area contributed by atoms with Crippen LogP contribution in [0.2, 0.25) is 0 Å².